The first-order valence-corrected chi connectivity index (χ1v) is 5.60. The van der Waals surface area contributed by atoms with Gasteiger partial charge in [0.05, 0.1) is 12.2 Å². The molecule has 0 bridgehead atoms. The zero-order chi connectivity index (χ0) is 10.8. The maximum Gasteiger partial charge on any atom is 0.0835 e. The number of thiophene rings is 1. The van der Waals surface area contributed by atoms with Crippen molar-refractivity contribution in [3.05, 3.63) is 39.8 Å². The molecule has 0 amide bonds. The van der Waals surface area contributed by atoms with Gasteiger partial charge in [-0.2, -0.15) is 5.10 Å². The second-order valence-electron chi connectivity index (χ2n) is 3.42. The Bertz CT molecular complexity index is 432. The molecule has 80 valence electrons. The van der Waals surface area contributed by atoms with Crippen molar-refractivity contribution in [2.45, 2.75) is 13.0 Å². The van der Waals surface area contributed by atoms with Gasteiger partial charge in [0.25, 0.3) is 0 Å². The average Bonchev–Trinajstić information content (AvgIpc) is 2.84. The van der Waals surface area contributed by atoms with Crippen LogP contribution in [-0.2, 0) is 7.05 Å². The van der Waals surface area contributed by atoms with Gasteiger partial charge in [0.2, 0.25) is 0 Å². The van der Waals surface area contributed by atoms with Gasteiger partial charge in [-0.1, -0.05) is 6.07 Å². The lowest BCUT2D eigenvalue weighted by molar-refractivity contribution is 0.639. The van der Waals surface area contributed by atoms with E-state index in [4.69, 9.17) is 5.84 Å². The van der Waals surface area contributed by atoms with Gasteiger partial charge >= 0.3 is 0 Å². The molecule has 0 aliphatic carbocycles. The van der Waals surface area contributed by atoms with E-state index in [1.54, 1.807) is 11.3 Å². The van der Waals surface area contributed by atoms with Crippen molar-refractivity contribution in [2.24, 2.45) is 12.9 Å². The number of hydrogen-bond donors (Lipinski definition) is 2. The minimum absolute atomic E-state index is 0.0405. The molecule has 2 rings (SSSR count). The summed E-state index contributed by atoms with van der Waals surface area (Å²) in [5.74, 6) is 5.59. The van der Waals surface area contributed by atoms with Crippen LogP contribution >= 0.6 is 11.3 Å². The molecule has 15 heavy (non-hydrogen) atoms. The third-order valence-corrected chi connectivity index (χ3v) is 3.52. The Morgan fingerprint density at radius 2 is 2.40 bits per heavy atom. The van der Waals surface area contributed by atoms with Crippen LogP contribution in [0.15, 0.2) is 23.7 Å². The first-order chi connectivity index (χ1) is 7.24. The highest BCUT2D eigenvalue weighted by Gasteiger charge is 2.17. The van der Waals surface area contributed by atoms with Crippen molar-refractivity contribution in [2.75, 3.05) is 0 Å². The smallest absolute Gasteiger partial charge is 0.0835 e. The van der Waals surface area contributed by atoms with E-state index in [0.717, 1.165) is 11.3 Å². The number of nitrogens with two attached hydrogens (primary N) is 1. The molecule has 0 spiro atoms. The number of hydrogen-bond acceptors (Lipinski definition) is 4. The molecule has 0 saturated heterocycles. The van der Waals surface area contributed by atoms with Gasteiger partial charge in [0.1, 0.15) is 0 Å². The van der Waals surface area contributed by atoms with Crippen LogP contribution in [-0.4, -0.2) is 9.78 Å². The molecule has 0 saturated carbocycles. The summed E-state index contributed by atoms with van der Waals surface area (Å²) in [6.45, 7) is 2.04. The quantitative estimate of drug-likeness (QED) is 0.608. The summed E-state index contributed by atoms with van der Waals surface area (Å²) in [7, 11) is 1.93. The van der Waals surface area contributed by atoms with Crippen LogP contribution in [0.2, 0.25) is 0 Å². The van der Waals surface area contributed by atoms with Crippen molar-refractivity contribution in [1.29, 1.82) is 0 Å². The first kappa shape index (κ1) is 10.4. The summed E-state index contributed by atoms with van der Waals surface area (Å²) in [5, 5.41) is 6.27. The van der Waals surface area contributed by atoms with E-state index in [1.165, 1.54) is 4.88 Å². The van der Waals surface area contributed by atoms with Gasteiger partial charge < -0.3 is 0 Å². The highest BCUT2D eigenvalue weighted by Crippen LogP contribution is 2.26. The predicted octanol–water partition coefficient (Wildman–Crippen LogP) is 1.34. The number of nitrogens with zero attached hydrogens (tertiary/aromatic N) is 2. The molecule has 0 aliphatic rings. The van der Waals surface area contributed by atoms with Crippen LogP contribution in [0.4, 0.5) is 0 Å². The number of hydrazine groups is 1. The molecule has 1 unspecified atom stereocenters. The zero-order valence-electron chi connectivity index (χ0n) is 8.77. The summed E-state index contributed by atoms with van der Waals surface area (Å²) >= 11 is 1.69. The molecule has 5 heteroatoms. The summed E-state index contributed by atoms with van der Waals surface area (Å²) in [4.78, 5) is 1.20. The van der Waals surface area contributed by atoms with E-state index in [0.29, 0.717) is 0 Å². The molecule has 0 radical (unpaired) electrons. The fourth-order valence-corrected chi connectivity index (χ4v) is 2.38. The molecule has 0 aliphatic heterocycles. The second kappa shape index (κ2) is 4.14. The Balaban J connectivity index is 2.40. The number of aryl methyl sites for hydroxylation is 1. The van der Waals surface area contributed by atoms with Crippen LogP contribution < -0.4 is 11.3 Å². The Labute approximate surface area is 92.7 Å². The normalized spacial score (nSPS) is 13.0. The molecule has 1 atom stereocenters. The molecule has 3 N–H and O–H groups in total. The van der Waals surface area contributed by atoms with E-state index in [9.17, 15) is 0 Å². The summed E-state index contributed by atoms with van der Waals surface area (Å²) in [5.41, 5.74) is 5.09. The van der Waals surface area contributed by atoms with Gasteiger partial charge in [-0.25, -0.2) is 5.43 Å². The largest absolute Gasteiger partial charge is 0.273 e. The highest BCUT2D eigenvalue weighted by molar-refractivity contribution is 7.10. The average molecular weight is 222 g/mol. The van der Waals surface area contributed by atoms with Crippen molar-refractivity contribution < 1.29 is 0 Å². The minimum Gasteiger partial charge on any atom is -0.273 e. The first-order valence-electron chi connectivity index (χ1n) is 4.72. The van der Waals surface area contributed by atoms with Crippen molar-refractivity contribution in [1.82, 2.24) is 15.2 Å². The van der Waals surface area contributed by atoms with Crippen molar-refractivity contribution in [3.8, 4) is 0 Å². The number of nitrogens with one attached hydrogen (secondary N) is 1. The summed E-state index contributed by atoms with van der Waals surface area (Å²) in [6.07, 6.45) is 1.86. The lowest BCUT2D eigenvalue weighted by Crippen LogP contribution is -2.28. The summed E-state index contributed by atoms with van der Waals surface area (Å²) < 4.78 is 1.85. The SMILES string of the molecule is Cc1c(C(NN)c2cccs2)cnn1C. The van der Waals surface area contributed by atoms with Gasteiger partial charge in [-0.05, 0) is 18.4 Å². The van der Waals surface area contributed by atoms with Gasteiger partial charge in [-0.3, -0.25) is 10.5 Å². The second-order valence-corrected chi connectivity index (χ2v) is 4.40. The molecular weight excluding hydrogens is 208 g/mol. The third-order valence-electron chi connectivity index (χ3n) is 2.58. The van der Waals surface area contributed by atoms with E-state index in [1.807, 2.05) is 36.3 Å². The standard InChI is InChI=1S/C10H14N4S/c1-7-8(6-12-14(7)2)10(13-11)9-4-3-5-15-9/h3-6,10,13H,11H2,1-2H3. The van der Waals surface area contributed by atoms with E-state index < -0.39 is 0 Å². The minimum atomic E-state index is 0.0405. The van der Waals surface area contributed by atoms with E-state index in [2.05, 4.69) is 16.6 Å². The molecule has 0 aromatic carbocycles. The molecular formula is C10H14N4S. The number of rotatable bonds is 3. The Hall–Kier alpha value is -1.17. The van der Waals surface area contributed by atoms with Crippen molar-refractivity contribution >= 4 is 11.3 Å². The van der Waals surface area contributed by atoms with E-state index in [-0.39, 0.29) is 6.04 Å². The lowest BCUT2D eigenvalue weighted by atomic mass is 10.1. The topological polar surface area (TPSA) is 55.9 Å². The molecule has 2 aromatic heterocycles. The van der Waals surface area contributed by atoms with Crippen LogP contribution in [0.5, 0.6) is 0 Å². The van der Waals surface area contributed by atoms with Gasteiger partial charge in [0, 0.05) is 23.2 Å². The van der Waals surface area contributed by atoms with Gasteiger partial charge in [-0.15, -0.1) is 11.3 Å². The maximum atomic E-state index is 5.59. The Morgan fingerprint density at radius 1 is 1.60 bits per heavy atom. The fraction of sp³-hybridized carbons (Fsp3) is 0.300. The lowest BCUT2D eigenvalue weighted by Gasteiger charge is -2.13. The number of aromatic nitrogens is 2. The van der Waals surface area contributed by atoms with Crippen LogP contribution in [0.25, 0.3) is 0 Å². The predicted molar refractivity (Wildman–Crippen MR) is 61.4 cm³/mol. The van der Waals surface area contributed by atoms with Crippen molar-refractivity contribution in [3.63, 3.8) is 0 Å². The molecule has 0 fully saturated rings. The fourth-order valence-electron chi connectivity index (χ4n) is 1.58. The molecule has 2 heterocycles. The third kappa shape index (κ3) is 1.81. The van der Waals surface area contributed by atoms with Gasteiger partial charge in [0.15, 0.2) is 0 Å². The van der Waals surface area contributed by atoms with Crippen LogP contribution in [0.1, 0.15) is 22.2 Å². The zero-order valence-corrected chi connectivity index (χ0v) is 9.58. The van der Waals surface area contributed by atoms with E-state index >= 15 is 0 Å². The maximum absolute atomic E-state index is 5.59. The Morgan fingerprint density at radius 3 is 2.87 bits per heavy atom. The monoisotopic (exact) mass is 222 g/mol. The Kier molecular flexibility index (Phi) is 2.86. The molecule has 4 nitrogen and oxygen atoms in total. The van der Waals surface area contributed by atoms with Crippen LogP contribution in [0.3, 0.4) is 0 Å². The highest BCUT2D eigenvalue weighted by atomic mass is 32.1. The molecule has 2 aromatic rings. The van der Waals surface area contributed by atoms with Crippen LogP contribution in [0, 0.1) is 6.92 Å². The summed E-state index contributed by atoms with van der Waals surface area (Å²) in [6, 6.07) is 4.14.